The van der Waals surface area contributed by atoms with E-state index in [0.717, 1.165) is 93.0 Å². The molecule has 2 aromatic rings. The second kappa shape index (κ2) is 10.2. The Morgan fingerprint density at radius 2 is 2.00 bits per heavy atom. The minimum absolute atomic E-state index is 0.0746. The molecule has 4 saturated heterocycles. The van der Waals surface area contributed by atoms with Gasteiger partial charge in [0.15, 0.2) is 0 Å². The number of nitrogens with zero attached hydrogens (tertiary/aromatic N) is 5. The average Bonchev–Trinajstić information content (AvgIpc) is 3.52. The van der Waals surface area contributed by atoms with Gasteiger partial charge in [-0.25, -0.2) is 4.39 Å². The average molecular weight is 617 g/mol. The molecular formula is C35H45FN6O3. The Morgan fingerprint density at radius 1 is 1.16 bits per heavy atom. The number of benzene rings is 1. The Balaban J connectivity index is 1.14. The fourth-order valence-electron chi connectivity index (χ4n) is 9.22. The van der Waals surface area contributed by atoms with E-state index in [1.165, 1.54) is 0 Å². The van der Waals surface area contributed by atoms with Gasteiger partial charge in [-0.15, -0.1) is 0 Å². The molecule has 45 heavy (non-hydrogen) atoms. The molecule has 0 amide bonds. The molecule has 6 heterocycles. The van der Waals surface area contributed by atoms with E-state index >= 15 is 0 Å². The lowest BCUT2D eigenvalue weighted by Gasteiger charge is -2.55. The third-order valence-electron chi connectivity index (χ3n) is 12.0. The van der Waals surface area contributed by atoms with Crippen LogP contribution in [-0.4, -0.2) is 71.6 Å². The maximum absolute atomic E-state index is 14.5. The quantitative estimate of drug-likeness (QED) is 0.467. The van der Waals surface area contributed by atoms with Crippen molar-refractivity contribution in [2.24, 2.45) is 5.41 Å². The zero-order chi connectivity index (χ0) is 31.2. The van der Waals surface area contributed by atoms with Gasteiger partial charge in [0.25, 0.3) is 0 Å². The number of ether oxygens (including phenoxy) is 3. The predicted molar refractivity (Wildman–Crippen MR) is 168 cm³/mol. The van der Waals surface area contributed by atoms with Crippen LogP contribution in [0.5, 0.6) is 6.01 Å². The van der Waals surface area contributed by atoms with Crippen molar-refractivity contribution in [2.45, 2.75) is 108 Å². The number of nitrogens with two attached hydrogens (primary N) is 1. The first-order valence-electron chi connectivity index (χ1n) is 16.8. The summed E-state index contributed by atoms with van der Waals surface area (Å²) in [5, 5.41) is 10.2. The van der Waals surface area contributed by atoms with Gasteiger partial charge in [0.1, 0.15) is 30.3 Å². The Labute approximate surface area is 265 Å². The number of aromatic nitrogens is 2. The Kier molecular flexibility index (Phi) is 6.70. The first-order chi connectivity index (χ1) is 21.5. The van der Waals surface area contributed by atoms with Crippen LogP contribution in [0.1, 0.15) is 99.6 Å². The zero-order valence-electron chi connectivity index (χ0n) is 26.8. The van der Waals surface area contributed by atoms with E-state index in [-0.39, 0.29) is 16.6 Å². The second-order valence-electron chi connectivity index (χ2n) is 15.5. The molecule has 10 heteroatoms. The highest BCUT2D eigenvalue weighted by Gasteiger charge is 2.52. The van der Waals surface area contributed by atoms with Crippen LogP contribution < -0.4 is 15.4 Å². The lowest BCUT2D eigenvalue weighted by atomic mass is 9.69. The fraction of sp³-hybridized carbons (Fsp3) is 0.686. The number of nitrogen functional groups attached to an aromatic ring is 1. The number of halogens is 1. The smallest absolute Gasteiger partial charge is 0.318 e. The molecule has 4 unspecified atom stereocenters. The normalized spacial score (nSPS) is 32.9. The molecular weight excluding hydrogens is 571 g/mol. The maximum Gasteiger partial charge on any atom is 0.318 e. The number of alkyl halides is 1. The molecule has 0 bridgehead atoms. The molecule has 4 fully saturated rings. The van der Waals surface area contributed by atoms with Gasteiger partial charge in [0, 0.05) is 54.7 Å². The van der Waals surface area contributed by atoms with Crippen molar-refractivity contribution in [3.63, 3.8) is 0 Å². The van der Waals surface area contributed by atoms with E-state index in [9.17, 15) is 9.65 Å². The molecule has 1 aliphatic carbocycles. The van der Waals surface area contributed by atoms with E-state index in [0.29, 0.717) is 55.8 Å². The SMILES string of the molecule is CC1CCC2(Cc3nc(OCC45CCCN4CC(F)C5)nc(N4CC5(CCC(C)(C)OC5)C4)c3CO2)c2c1ccc(N)c2C#N. The van der Waals surface area contributed by atoms with Gasteiger partial charge in [-0.1, -0.05) is 13.0 Å². The molecule has 0 saturated carbocycles. The molecule has 2 N–H and O–H groups in total. The highest BCUT2D eigenvalue weighted by Crippen LogP contribution is 2.52. The third kappa shape index (κ3) is 4.72. The monoisotopic (exact) mass is 616 g/mol. The highest BCUT2D eigenvalue weighted by molar-refractivity contribution is 5.64. The summed E-state index contributed by atoms with van der Waals surface area (Å²) in [5.74, 6) is 1.18. The van der Waals surface area contributed by atoms with Gasteiger partial charge < -0.3 is 24.8 Å². The Hall–Kier alpha value is -3.00. The molecule has 5 aliphatic heterocycles. The largest absolute Gasteiger partial charge is 0.461 e. The number of nitriles is 1. The topological polar surface area (TPSA) is 110 Å². The van der Waals surface area contributed by atoms with Crippen LogP contribution in [-0.2, 0) is 28.1 Å². The number of hydrogen-bond acceptors (Lipinski definition) is 9. The minimum atomic E-state index is -0.818. The highest BCUT2D eigenvalue weighted by atomic mass is 19.1. The molecule has 9 nitrogen and oxygen atoms in total. The molecule has 0 radical (unpaired) electrons. The summed E-state index contributed by atoms with van der Waals surface area (Å²) in [6.45, 7) is 11.2. The summed E-state index contributed by atoms with van der Waals surface area (Å²) in [5.41, 5.74) is 10.4. The van der Waals surface area contributed by atoms with Gasteiger partial charge in [-0.05, 0) is 76.5 Å². The number of fused-ring (bicyclic) bond motifs is 4. The summed E-state index contributed by atoms with van der Waals surface area (Å²) in [7, 11) is 0. The van der Waals surface area contributed by atoms with E-state index in [1.807, 2.05) is 6.07 Å². The van der Waals surface area contributed by atoms with Crippen molar-refractivity contribution in [2.75, 3.05) is 50.0 Å². The molecule has 8 rings (SSSR count). The summed E-state index contributed by atoms with van der Waals surface area (Å²) < 4.78 is 34.1. The first kappa shape index (κ1) is 29.4. The molecule has 240 valence electrons. The van der Waals surface area contributed by atoms with Crippen LogP contribution in [0, 0.1) is 16.7 Å². The summed E-state index contributed by atoms with van der Waals surface area (Å²) in [6, 6.07) is 6.66. The van der Waals surface area contributed by atoms with Gasteiger partial charge >= 0.3 is 6.01 Å². The lowest BCUT2D eigenvalue weighted by Crippen LogP contribution is -2.62. The standard InChI is InChI=1S/C35H45FN6O3/c1-22-7-9-35(29-24(22)5-6-27(38)25(29)15-37)14-28-26(17-44-35)30(41-18-33(19-41)11-10-32(2,3)45-20-33)40-31(39-28)43-21-34-8-4-12-42(34)16-23(36)13-34/h5-6,22-23H,4,7-14,16-21,38H2,1-3H3. The molecule has 6 aliphatic rings. The zero-order valence-corrected chi connectivity index (χ0v) is 26.8. The summed E-state index contributed by atoms with van der Waals surface area (Å²) >= 11 is 0. The molecule has 1 aromatic heterocycles. The Morgan fingerprint density at radius 3 is 2.78 bits per heavy atom. The van der Waals surface area contributed by atoms with Crippen molar-refractivity contribution in [1.29, 1.82) is 5.26 Å². The number of hydrogen-bond donors (Lipinski definition) is 1. The van der Waals surface area contributed by atoms with Crippen LogP contribution in [0.3, 0.4) is 0 Å². The van der Waals surface area contributed by atoms with Crippen molar-refractivity contribution >= 4 is 11.5 Å². The van der Waals surface area contributed by atoms with Crippen molar-refractivity contribution < 1.29 is 18.6 Å². The summed E-state index contributed by atoms with van der Waals surface area (Å²) in [4.78, 5) is 14.7. The van der Waals surface area contributed by atoms with Gasteiger partial charge in [-0.3, -0.25) is 4.90 Å². The van der Waals surface area contributed by atoms with Crippen LogP contribution in [0.15, 0.2) is 12.1 Å². The molecule has 4 atom stereocenters. The summed E-state index contributed by atoms with van der Waals surface area (Å²) in [6.07, 6.45) is 6.09. The van der Waals surface area contributed by atoms with Crippen molar-refractivity contribution in [3.8, 4) is 12.1 Å². The van der Waals surface area contributed by atoms with Crippen LogP contribution in [0.4, 0.5) is 15.9 Å². The Bertz CT molecular complexity index is 1560. The van der Waals surface area contributed by atoms with Crippen molar-refractivity contribution in [1.82, 2.24) is 14.9 Å². The van der Waals surface area contributed by atoms with E-state index in [1.54, 1.807) is 0 Å². The predicted octanol–water partition coefficient (Wildman–Crippen LogP) is 5.15. The minimum Gasteiger partial charge on any atom is -0.461 e. The van der Waals surface area contributed by atoms with Crippen LogP contribution in [0.2, 0.25) is 0 Å². The lowest BCUT2D eigenvalue weighted by molar-refractivity contribution is -0.122. The van der Waals surface area contributed by atoms with Crippen LogP contribution >= 0.6 is 0 Å². The van der Waals surface area contributed by atoms with E-state index in [4.69, 9.17) is 29.9 Å². The van der Waals surface area contributed by atoms with E-state index < -0.39 is 11.8 Å². The van der Waals surface area contributed by atoms with Crippen LogP contribution in [0.25, 0.3) is 0 Å². The maximum atomic E-state index is 14.5. The van der Waals surface area contributed by atoms with Gasteiger partial charge in [-0.2, -0.15) is 15.2 Å². The van der Waals surface area contributed by atoms with Gasteiger partial charge in [0.2, 0.25) is 0 Å². The first-order valence-corrected chi connectivity index (χ1v) is 16.8. The number of rotatable bonds is 4. The number of anilines is 2. The van der Waals surface area contributed by atoms with E-state index in [2.05, 4.69) is 42.7 Å². The fourth-order valence-corrected chi connectivity index (χ4v) is 9.22. The molecule has 2 spiro atoms. The third-order valence-corrected chi connectivity index (χ3v) is 12.0. The van der Waals surface area contributed by atoms with Crippen molar-refractivity contribution in [3.05, 3.63) is 40.1 Å². The van der Waals surface area contributed by atoms with Gasteiger partial charge in [0.05, 0.1) is 35.6 Å². The molecule has 1 aromatic carbocycles. The second-order valence-corrected chi connectivity index (χ2v) is 15.5.